The van der Waals surface area contributed by atoms with Crippen LogP contribution in [0.15, 0.2) is 54.9 Å². The Kier molecular flexibility index (Phi) is 6.17. The number of carbonyl (C=O) groups is 1. The van der Waals surface area contributed by atoms with Gasteiger partial charge in [-0.2, -0.15) is 0 Å². The van der Waals surface area contributed by atoms with Crippen LogP contribution < -0.4 is 5.32 Å². The minimum atomic E-state index is -0.383. The molecule has 0 bridgehead atoms. The molecule has 7 heteroatoms. The molecule has 0 unspecified atom stereocenters. The third-order valence-corrected chi connectivity index (χ3v) is 5.59. The Morgan fingerprint density at radius 2 is 1.88 bits per heavy atom. The minimum absolute atomic E-state index is 0.142. The van der Waals surface area contributed by atoms with Crippen LogP contribution in [0.25, 0.3) is 11.3 Å². The number of nitrogens with one attached hydrogen (secondary N) is 1. The second-order valence-corrected chi connectivity index (χ2v) is 9.19. The maximum atomic E-state index is 13.7. The number of anilines is 2. The van der Waals surface area contributed by atoms with Crippen molar-refractivity contribution in [3.05, 3.63) is 66.5 Å². The third-order valence-electron chi connectivity index (χ3n) is 5.59. The van der Waals surface area contributed by atoms with E-state index in [1.54, 1.807) is 24.5 Å². The molecule has 0 atom stereocenters. The normalized spacial score (nSPS) is 14.9. The van der Waals surface area contributed by atoms with Gasteiger partial charge in [0.15, 0.2) is 0 Å². The molecule has 1 fully saturated rings. The molecule has 1 aliphatic heterocycles. The zero-order valence-corrected chi connectivity index (χ0v) is 18.7. The summed E-state index contributed by atoms with van der Waals surface area (Å²) in [6.45, 7) is 7.23. The number of pyridine rings is 1. The lowest BCUT2D eigenvalue weighted by molar-refractivity contribution is -0.140. The van der Waals surface area contributed by atoms with E-state index in [1.165, 1.54) is 12.1 Å². The van der Waals surface area contributed by atoms with Crippen molar-refractivity contribution >= 4 is 17.4 Å². The maximum absolute atomic E-state index is 13.7. The molecular formula is C25H28FN5O. The first kappa shape index (κ1) is 21.9. The van der Waals surface area contributed by atoms with Gasteiger partial charge in [0.1, 0.15) is 17.5 Å². The molecule has 1 aliphatic rings. The van der Waals surface area contributed by atoms with Crippen LogP contribution >= 0.6 is 0 Å². The number of nitrogens with zero attached hydrogens (tertiary/aromatic N) is 4. The number of rotatable bonds is 4. The standard InChI is InChI=1S/C25H28FN5O/c1-25(2,3)24(32)31-12-9-17(10-13-31)23-29-21(18-6-5-11-27-16-18)15-22(30-23)28-20-8-4-7-19(26)14-20/h4-8,11,14-17H,9-10,12-13H2,1-3H3,(H,28,29,30). The van der Waals surface area contributed by atoms with Gasteiger partial charge in [-0.05, 0) is 43.2 Å². The first-order valence-corrected chi connectivity index (χ1v) is 10.9. The Bertz CT molecular complexity index is 1090. The highest BCUT2D eigenvalue weighted by Crippen LogP contribution is 2.31. The van der Waals surface area contributed by atoms with Crippen LogP contribution in [0.1, 0.15) is 45.4 Å². The number of carbonyl (C=O) groups excluding carboxylic acids is 1. The summed E-state index contributed by atoms with van der Waals surface area (Å²) in [6, 6.07) is 12.0. The molecule has 0 radical (unpaired) electrons. The summed E-state index contributed by atoms with van der Waals surface area (Å²) in [5, 5.41) is 3.21. The number of halogens is 1. The average molecular weight is 434 g/mol. The molecule has 166 valence electrons. The van der Waals surface area contributed by atoms with E-state index in [4.69, 9.17) is 9.97 Å². The van der Waals surface area contributed by atoms with Crippen molar-refractivity contribution in [2.45, 2.75) is 39.5 Å². The second kappa shape index (κ2) is 9.02. The van der Waals surface area contributed by atoms with Crippen LogP contribution in [-0.2, 0) is 4.79 Å². The van der Waals surface area contributed by atoms with Crippen LogP contribution in [0.3, 0.4) is 0 Å². The Morgan fingerprint density at radius 3 is 2.53 bits per heavy atom. The predicted molar refractivity (Wildman–Crippen MR) is 123 cm³/mol. The molecule has 6 nitrogen and oxygen atoms in total. The molecule has 1 aromatic carbocycles. The van der Waals surface area contributed by atoms with Crippen molar-refractivity contribution in [1.82, 2.24) is 19.9 Å². The fourth-order valence-electron chi connectivity index (χ4n) is 3.90. The van der Waals surface area contributed by atoms with Crippen LogP contribution in [-0.4, -0.2) is 38.8 Å². The van der Waals surface area contributed by atoms with E-state index >= 15 is 0 Å². The lowest BCUT2D eigenvalue weighted by Gasteiger charge is -2.35. The summed E-state index contributed by atoms with van der Waals surface area (Å²) in [6.07, 6.45) is 5.09. The lowest BCUT2D eigenvalue weighted by Crippen LogP contribution is -2.43. The SMILES string of the molecule is CC(C)(C)C(=O)N1CCC(c2nc(Nc3cccc(F)c3)cc(-c3cccnc3)n2)CC1. The summed E-state index contributed by atoms with van der Waals surface area (Å²) < 4.78 is 13.7. The molecular weight excluding hydrogens is 405 g/mol. The van der Waals surface area contributed by atoms with Gasteiger partial charge < -0.3 is 10.2 Å². The number of piperidine rings is 1. The highest BCUT2D eigenvalue weighted by molar-refractivity contribution is 5.81. The van der Waals surface area contributed by atoms with Gasteiger partial charge in [-0.1, -0.05) is 26.8 Å². The highest BCUT2D eigenvalue weighted by atomic mass is 19.1. The van der Waals surface area contributed by atoms with E-state index in [2.05, 4.69) is 10.3 Å². The van der Waals surface area contributed by atoms with Gasteiger partial charge >= 0.3 is 0 Å². The number of aromatic nitrogens is 3. The van der Waals surface area contributed by atoms with Gasteiger partial charge in [0, 0.05) is 54.1 Å². The summed E-state index contributed by atoms with van der Waals surface area (Å²) >= 11 is 0. The van der Waals surface area contributed by atoms with Crippen molar-refractivity contribution in [1.29, 1.82) is 0 Å². The first-order valence-electron chi connectivity index (χ1n) is 10.9. The van der Waals surface area contributed by atoms with Crippen molar-refractivity contribution in [2.24, 2.45) is 5.41 Å². The van der Waals surface area contributed by atoms with Crippen LogP contribution in [0, 0.1) is 11.2 Å². The maximum Gasteiger partial charge on any atom is 0.227 e. The Hall–Kier alpha value is -3.35. The van der Waals surface area contributed by atoms with Crippen molar-refractivity contribution in [3.8, 4) is 11.3 Å². The molecule has 0 saturated carbocycles. The Labute approximate surface area is 187 Å². The molecule has 1 saturated heterocycles. The molecule has 2 aromatic heterocycles. The van der Waals surface area contributed by atoms with E-state index in [1.807, 2.05) is 43.9 Å². The molecule has 0 aliphatic carbocycles. The topological polar surface area (TPSA) is 71.0 Å². The number of hydrogen-bond donors (Lipinski definition) is 1. The van der Waals surface area contributed by atoms with Crippen LogP contribution in [0.5, 0.6) is 0 Å². The zero-order valence-electron chi connectivity index (χ0n) is 18.7. The molecule has 4 rings (SSSR count). The molecule has 3 aromatic rings. The quantitative estimate of drug-likeness (QED) is 0.614. The summed E-state index contributed by atoms with van der Waals surface area (Å²) in [7, 11) is 0. The van der Waals surface area contributed by atoms with E-state index in [-0.39, 0.29) is 23.1 Å². The monoisotopic (exact) mass is 433 g/mol. The number of amides is 1. The zero-order chi connectivity index (χ0) is 22.7. The van der Waals surface area contributed by atoms with Gasteiger partial charge in [0.25, 0.3) is 0 Å². The van der Waals surface area contributed by atoms with Gasteiger partial charge in [0.2, 0.25) is 5.91 Å². The lowest BCUT2D eigenvalue weighted by atomic mass is 9.90. The molecule has 3 heterocycles. The van der Waals surface area contributed by atoms with Crippen molar-refractivity contribution in [2.75, 3.05) is 18.4 Å². The number of hydrogen-bond acceptors (Lipinski definition) is 5. The molecule has 0 spiro atoms. The fraction of sp³-hybridized carbons (Fsp3) is 0.360. The summed E-state index contributed by atoms with van der Waals surface area (Å²) in [5.74, 6) is 1.34. The minimum Gasteiger partial charge on any atom is -0.342 e. The molecule has 1 N–H and O–H groups in total. The van der Waals surface area contributed by atoms with E-state index in [9.17, 15) is 9.18 Å². The number of benzene rings is 1. The summed E-state index contributed by atoms with van der Waals surface area (Å²) in [5.41, 5.74) is 1.89. The Morgan fingerprint density at radius 1 is 1.09 bits per heavy atom. The smallest absolute Gasteiger partial charge is 0.227 e. The van der Waals surface area contributed by atoms with Crippen LogP contribution in [0.4, 0.5) is 15.9 Å². The average Bonchev–Trinajstić information content (AvgIpc) is 2.78. The fourth-order valence-corrected chi connectivity index (χ4v) is 3.90. The first-order chi connectivity index (χ1) is 15.3. The van der Waals surface area contributed by atoms with Gasteiger partial charge in [-0.15, -0.1) is 0 Å². The van der Waals surface area contributed by atoms with Crippen molar-refractivity contribution in [3.63, 3.8) is 0 Å². The largest absolute Gasteiger partial charge is 0.342 e. The van der Waals surface area contributed by atoms with E-state index in [0.29, 0.717) is 24.6 Å². The summed E-state index contributed by atoms with van der Waals surface area (Å²) in [4.78, 5) is 28.4. The van der Waals surface area contributed by atoms with Gasteiger partial charge in [0.05, 0.1) is 5.69 Å². The van der Waals surface area contributed by atoms with Crippen LogP contribution in [0.2, 0.25) is 0 Å². The van der Waals surface area contributed by atoms with E-state index < -0.39 is 0 Å². The highest BCUT2D eigenvalue weighted by Gasteiger charge is 2.31. The molecule has 1 amide bonds. The second-order valence-electron chi connectivity index (χ2n) is 9.19. The Balaban J connectivity index is 1.61. The predicted octanol–water partition coefficient (Wildman–Crippen LogP) is 5.17. The third kappa shape index (κ3) is 5.10. The van der Waals surface area contributed by atoms with Gasteiger partial charge in [-0.25, -0.2) is 14.4 Å². The van der Waals surface area contributed by atoms with Crippen molar-refractivity contribution < 1.29 is 9.18 Å². The number of likely N-dealkylation sites (tertiary alicyclic amines) is 1. The van der Waals surface area contributed by atoms with Gasteiger partial charge in [-0.3, -0.25) is 9.78 Å². The van der Waals surface area contributed by atoms with E-state index in [0.717, 1.165) is 29.9 Å². The molecule has 32 heavy (non-hydrogen) atoms.